The summed E-state index contributed by atoms with van der Waals surface area (Å²) in [6, 6.07) is 8.29. The summed E-state index contributed by atoms with van der Waals surface area (Å²) < 4.78 is -0.499. The van der Waals surface area contributed by atoms with Gasteiger partial charge in [-0.25, -0.2) is 0 Å². The number of hydrogen-bond donors (Lipinski definition) is 0. The Hall–Kier alpha value is -0.480. The third kappa shape index (κ3) is 4.36. The first kappa shape index (κ1) is 14.6. The van der Waals surface area contributed by atoms with Crippen molar-refractivity contribution in [3.63, 3.8) is 0 Å². The summed E-state index contributed by atoms with van der Waals surface area (Å²) in [7, 11) is 1.83. The van der Waals surface area contributed by atoms with Gasteiger partial charge in [0.2, 0.25) is 5.91 Å². The van der Waals surface area contributed by atoms with E-state index in [-0.39, 0.29) is 5.91 Å². The van der Waals surface area contributed by atoms with E-state index >= 15 is 0 Å². The van der Waals surface area contributed by atoms with Crippen LogP contribution < -0.4 is 0 Å². The van der Waals surface area contributed by atoms with Crippen LogP contribution in [-0.2, 0) is 11.3 Å². The quantitative estimate of drug-likeness (QED) is 0.625. The first-order valence-electron chi connectivity index (χ1n) is 5.42. The molecular formula is C13H18BrNOS. The summed E-state index contributed by atoms with van der Waals surface area (Å²) in [6.07, 6.45) is 2.05. The molecule has 0 bridgehead atoms. The molecule has 0 aliphatic heterocycles. The standard InChI is InChI=1S/C13H18BrNOS/c1-13(2,14)12(16)15(3)9-10-5-7-11(17-4)8-6-10/h5-8H,9H2,1-4H3. The second-order valence-corrected chi connectivity index (χ2v) is 7.34. The van der Waals surface area contributed by atoms with Crippen LogP contribution >= 0.6 is 27.7 Å². The molecule has 1 rings (SSSR count). The van der Waals surface area contributed by atoms with Crippen molar-refractivity contribution in [1.29, 1.82) is 0 Å². The molecule has 1 aromatic carbocycles. The Bertz CT molecular complexity index is 383. The molecule has 0 atom stereocenters. The molecule has 2 nitrogen and oxygen atoms in total. The average Bonchev–Trinajstić information content (AvgIpc) is 2.27. The summed E-state index contributed by atoms with van der Waals surface area (Å²) >= 11 is 5.11. The van der Waals surface area contributed by atoms with Gasteiger partial charge in [0.15, 0.2) is 0 Å². The Balaban J connectivity index is 2.68. The van der Waals surface area contributed by atoms with Crippen molar-refractivity contribution >= 4 is 33.6 Å². The van der Waals surface area contributed by atoms with E-state index in [4.69, 9.17) is 0 Å². The summed E-state index contributed by atoms with van der Waals surface area (Å²) in [6.45, 7) is 4.37. The zero-order valence-corrected chi connectivity index (χ0v) is 13.1. The average molecular weight is 316 g/mol. The molecule has 0 N–H and O–H groups in total. The fraction of sp³-hybridized carbons (Fsp3) is 0.462. The van der Waals surface area contributed by atoms with Crippen LogP contribution in [0.3, 0.4) is 0 Å². The van der Waals surface area contributed by atoms with Gasteiger partial charge in [-0.15, -0.1) is 11.8 Å². The van der Waals surface area contributed by atoms with Crippen molar-refractivity contribution in [2.45, 2.75) is 29.6 Å². The Kier molecular flexibility index (Phi) is 5.07. The minimum Gasteiger partial charge on any atom is -0.340 e. The predicted octanol–water partition coefficient (Wildman–Crippen LogP) is 3.54. The number of rotatable bonds is 4. The fourth-order valence-corrected chi connectivity index (χ4v) is 2.24. The highest BCUT2D eigenvalue weighted by Gasteiger charge is 2.26. The molecule has 4 heteroatoms. The van der Waals surface area contributed by atoms with Crippen LogP contribution in [0.2, 0.25) is 0 Å². The van der Waals surface area contributed by atoms with E-state index < -0.39 is 4.32 Å². The van der Waals surface area contributed by atoms with Crippen LogP contribution in [0.4, 0.5) is 0 Å². The number of hydrogen-bond acceptors (Lipinski definition) is 2. The smallest absolute Gasteiger partial charge is 0.238 e. The minimum absolute atomic E-state index is 0.0893. The lowest BCUT2D eigenvalue weighted by molar-refractivity contribution is -0.131. The van der Waals surface area contributed by atoms with Gasteiger partial charge in [0, 0.05) is 18.5 Å². The summed E-state index contributed by atoms with van der Waals surface area (Å²) in [4.78, 5) is 14.9. The van der Waals surface area contributed by atoms with Gasteiger partial charge in [-0.2, -0.15) is 0 Å². The molecule has 0 aliphatic rings. The van der Waals surface area contributed by atoms with Gasteiger partial charge in [0.05, 0.1) is 4.32 Å². The van der Waals surface area contributed by atoms with Crippen molar-refractivity contribution < 1.29 is 4.79 Å². The van der Waals surface area contributed by atoms with E-state index in [0.717, 1.165) is 5.56 Å². The predicted molar refractivity (Wildman–Crippen MR) is 77.7 cm³/mol. The van der Waals surface area contributed by atoms with Gasteiger partial charge in [-0.1, -0.05) is 28.1 Å². The van der Waals surface area contributed by atoms with E-state index in [9.17, 15) is 4.79 Å². The van der Waals surface area contributed by atoms with Crippen LogP contribution in [0, 0.1) is 0 Å². The maximum atomic E-state index is 12.0. The number of carbonyl (C=O) groups is 1. The number of halogens is 1. The molecule has 0 saturated carbocycles. The monoisotopic (exact) mass is 315 g/mol. The van der Waals surface area contributed by atoms with E-state index in [1.54, 1.807) is 16.7 Å². The van der Waals surface area contributed by atoms with Gasteiger partial charge in [0.25, 0.3) is 0 Å². The molecule has 0 unspecified atom stereocenters. The van der Waals surface area contributed by atoms with Crippen molar-refractivity contribution in [2.24, 2.45) is 0 Å². The molecule has 0 fully saturated rings. The highest BCUT2D eigenvalue weighted by Crippen LogP contribution is 2.20. The highest BCUT2D eigenvalue weighted by molar-refractivity contribution is 9.10. The number of carbonyl (C=O) groups excluding carboxylic acids is 1. The second-order valence-electron chi connectivity index (χ2n) is 4.48. The van der Waals surface area contributed by atoms with Crippen molar-refractivity contribution in [1.82, 2.24) is 4.90 Å². The van der Waals surface area contributed by atoms with Gasteiger partial charge in [0.1, 0.15) is 0 Å². The Morgan fingerprint density at radius 3 is 2.29 bits per heavy atom. The molecule has 17 heavy (non-hydrogen) atoms. The summed E-state index contributed by atoms with van der Waals surface area (Å²) in [5.41, 5.74) is 1.15. The van der Waals surface area contributed by atoms with Crippen molar-refractivity contribution in [3.8, 4) is 0 Å². The number of amides is 1. The second kappa shape index (κ2) is 5.91. The Labute approximate surface area is 116 Å². The highest BCUT2D eigenvalue weighted by atomic mass is 79.9. The lowest BCUT2D eigenvalue weighted by Crippen LogP contribution is -2.38. The SMILES string of the molecule is CSc1ccc(CN(C)C(=O)C(C)(C)Br)cc1. The first-order chi connectivity index (χ1) is 7.84. The van der Waals surface area contributed by atoms with Crippen LogP contribution in [0.15, 0.2) is 29.2 Å². The molecular weight excluding hydrogens is 298 g/mol. The number of thioether (sulfide) groups is 1. The Morgan fingerprint density at radius 2 is 1.88 bits per heavy atom. The molecule has 1 aromatic rings. The maximum absolute atomic E-state index is 12.0. The van der Waals surface area contributed by atoms with Gasteiger partial charge in [-0.3, -0.25) is 4.79 Å². The minimum atomic E-state index is -0.499. The molecule has 0 heterocycles. The maximum Gasteiger partial charge on any atom is 0.238 e. The molecule has 94 valence electrons. The lowest BCUT2D eigenvalue weighted by Gasteiger charge is -2.24. The van der Waals surface area contributed by atoms with E-state index in [1.165, 1.54) is 4.90 Å². The fourth-order valence-electron chi connectivity index (χ4n) is 1.53. The molecule has 0 radical (unpaired) electrons. The number of benzene rings is 1. The van der Waals surface area contributed by atoms with Gasteiger partial charge < -0.3 is 4.90 Å². The van der Waals surface area contributed by atoms with Crippen LogP contribution in [0.1, 0.15) is 19.4 Å². The number of nitrogens with zero attached hydrogens (tertiary/aromatic N) is 1. The molecule has 1 amide bonds. The van der Waals surface area contributed by atoms with Crippen LogP contribution in [0.25, 0.3) is 0 Å². The van der Waals surface area contributed by atoms with E-state index in [0.29, 0.717) is 6.54 Å². The third-order valence-electron chi connectivity index (χ3n) is 2.43. The van der Waals surface area contributed by atoms with Crippen LogP contribution in [-0.4, -0.2) is 28.4 Å². The van der Waals surface area contributed by atoms with E-state index in [2.05, 4.69) is 46.5 Å². The van der Waals surface area contributed by atoms with Gasteiger partial charge >= 0.3 is 0 Å². The van der Waals surface area contributed by atoms with Gasteiger partial charge in [-0.05, 0) is 37.8 Å². The topological polar surface area (TPSA) is 20.3 Å². The first-order valence-corrected chi connectivity index (χ1v) is 7.44. The van der Waals surface area contributed by atoms with Crippen LogP contribution in [0.5, 0.6) is 0 Å². The largest absolute Gasteiger partial charge is 0.340 e. The lowest BCUT2D eigenvalue weighted by atomic mass is 10.1. The molecule has 0 saturated heterocycles. The zero-order valence-electron chi connectivity index (χ0n) is 10.7. The molecule has 0 spiro atoms. The Morgan fingerprint density at radius 1 is 1.35 bits per heavy atom. The van der Waals surface area contributed by atoms with Crippen molar-refractivity contribution in [3.05, 3.63) is 29.8 Å². The van der Waals surface area contributed by atoms with Crippen molar-refractivity contribution in [2.75, 3.05) is 13.3 Å². The third-order valence-corrected chi connectivity index (χ3v) is 3.52. The summed E-state index contributed by atoms with van der Waals surface area (Å²) in [5.74, 6) is 0.0893. The number of alkyl halides is 1. The molecule has 0 aliphatic carbocycles. The normalized spacial score (nSPS) is 11.4. The van der Waals surface area contributed by atoms with E-state index in [1.807, 2.05) is 20.9 Å². The summed E-state index contributed by atoms with van der Waals surface area (Å²) in [5, 5.41) is 0. The zero-order chi connectivity index (χ0) is 13.1. The molecule has 0 aromatic heterocycles.